The molecule has 2 heterocycles. The predicted octanol–water partition coefficient (Wildman–Crippen LogP) is 3.81. The Hall–Kier alpha value is -0.800. The fourth-order valence-electron chi connectivity index (χ4n) is 2.57. The average molecular weight is 297 g/mol. The third-order valence-corrected chi connectivity index (χ3v) is 4.21. The van der Waals surface area contributed by atoms with Gasteiger partial charge in [0.15, 0.2) is 0 Å². The first-order valence-electron chi connectivity index (χ1n) is 7.46. The van der Waals surface area contributed by atoms with Crippen LogP contribution < -0.4 is 4.90 Å². The highest BCUT2D eigenvalue weighted by atomic mass is 35.5. The van der Waals surface area contributed by atoms with Gasteiger partial charge >= 0.3 is 0 Å². The second-order valence-electron chi connectivity index (χ2n) is 5.98. The lowest BCUT2D eigenvalue weighted by atomic mass is 10.00. The number of rotatable bonds is 5. The molecule has 1 aromatic heterocycles. The van der Waals surface area contributed by atoms with Crippen molar-refractivity contribution in [1.29, 1.82) is 0 Å². The Labute approximate surface area is 127 Å². The molecule has 0 aromatic carbocycles. The summed E-state index contributed by atoms with van der Waals surface area (Å²) in [5.74, 6) is 2.71. The quantitative estimate of drug-likeness (QED) is 0.773. The fraction of sp³-hybridized carbons (Fsp3) is 0.688. The highest BCUT2D eigenvalue weighted by Crippen LogP contribution is 2.23. The molecule has 0 spiro atoms. The molecular formula is C16H25ClN2O. The van der Waals surface area contributed by atoms with Gasteiger partial charge in [-0.15, -0.1) is 11.6 Å². The molecule has 1 aliphatic heterocycles. The van der Waals surface area contributed by atoms with Gasteiger partial charge in [0.05, 0.1) is 0 Å². The van der Waals surface area contributed by atoms with Gasteiger partial charge in [-0.05, 0) is 42.4 Å². The largest absolute Gasteiger partial charge is 0.381 e. The molecule has 0 aliphatic carbocycles. The van der Waals surface area contributed by atoms with Crippen molar-refractivity contribution in [2.24, 2.45) is 5.92 Å². The Kier molecular flexibility index (Phi) is 5.67. The summed E-state index contributed by atoms with van der Waals surface area (Å²) >= 11 is 6.01. The lowest BCUT2D eigenvalue weighted by Gasteiger charge is -2.28. The van der Waals surface area contributed by atoms with Gasteiger partial charge in [-0.1, -0.05) is 13.8 Å². The molecule has 3 nitrogen and oxygen atoms in total. The number of ether oxygens (including phenoxy) is 1. The van der Waals surface area contributed by atoms with Crippen LogP contribution in [-0.2, 0) is 10.6 Å². The number of aromatic nitrogens is 1. The summed E-state index contributed by atoms with van der Waals surface area (Å²) in [6.45, 7) is 7.17. The second-order valence-corrected chi connectivity index (χ2v) is 6.25. The van der Waals surface area contributed by atoms with Crippen molar-refractivity contribution < 1.29 is 4.74 Å². The normalized spacial score (nSPS) is 16.6. The number of pyridine rings is 1. The molecule has 0 saturated carbocycles. The van der Waals surface area contributed by atoms with Crippen molar-refractivity contribution in [2.45, 2.75) is 38.5 Å². The Morgan fingerprint density at radius 1 is 1.35 bits per heavy atom. The summed E-state index contributed by atoms with van der Waals surface area (Å²) in [4.78, 5) is 7.04. The number of anilines is 1. The summed E-state index contributed by atoms with van der Waals surface area (Å²) < 4.78 is 5.42. The van der Waals surface area contributed by atoms with Gasteiger partial charge in [-0.2, -0.15) is 0 Å². The van der Waals surface area contributed by atoms with Crippen LogP contribution in [0.25, 0.3) is 0 Å². The molecule has 1 aliphatic rings. The van der Waals surface area contributed by atoms with E-state index in [0.29, 0.717) is 17.7 Å². The topological polar surface area (TPSA) is 25.4 Å². The van der Waals surface area contributed by atoms with Crippen LogP contribution in [0.1, 0.15) is 43.9 Å². The van der Waals surface area contributed by atoms with Crippen LogP contribution in [0, 0.1) is 5.92 Å². The highest BCUT2D eigenvalue weighted by Gasteiger charge is 2.17. The fourth-order valence-corrected chi connectivity index (χ4v) is 2.73. The Bertz CT molecular complexity index is 430. The first-order chi connectivity index (χ1) is 9.60. The maximum atomic E-state index is 6.01. The van der Waals surface area contributed by atoms with Crippen LogP contribution in [0.15, 0.2) is 12.1 Å². The minimum atomic E-state index is 0.424. The van der Waals surface area contributed by atoms with E-state index in [1.165, 1.54) is 0 Å². The second kappa shape index (κ2) is 7.28. The zero-order valence-electron chi connectivity index (χ0n) is 12.7. The Morgan fingerprint density at radius 2 is 2.05 bits per heavy atom. The number of hydrogen-bond donors (Lipinski definition) is 0. The van der Waals surface area contributed by atoms with E-state index in [-0.39, 0.29) is 0 Å². The zero-order chi connectivity index (χ0) is 14.5. The van der Waals surface area contributed by atoms with Crippen LogP contribution in [0.4, 0.5) is 5.82 Å². The molecule has 2 rings (SSSR count). The average Bonchev–Trinajstić information content (AvgIpc) is 2.47. The lowest BCUT2D eigenvalue weighted by Crippen LogP contribution is -2.30. The number of hydrogen-bond acceptors (Lipinski definition) is 3. The van der Waals surface area contributed by atoms with E-state index in [9.17, 15) is 0 Å². The Morgan fingerprint density at radius 3 is 2.65 bits per heavy atom. The molecule has 0 atom stereocenters. The molecule has 1 aromatic rings. The van der Waals surface area contributed by atoms with Crippen LogP contribution in [0.5, 0.6) is 0 Å². The van der Waals surface area contributed by atoms with Gasteiger partial charge in [0.25, 0.3) is 0 Å². The highest BCUT2D eigenvalue weighted by molar-refractivity contribution is 6.17. The molecule has 4 heteroatoms. The molecule has 0 amide bonds. The van der Waals surface area contributed by atoms with Gasteiger partial charge in [-0.3, -0.25) is 0 Å². The van der Waals surface area contributed by atoms with Crippen molar-refractivity contribution in [2.75, 3.05) is 31.7 Å². The van der Waals surface area contributed by atoms with E-state index >= 15 is 0 Å². The van der Waals surface area contributed by atoms with Gasteiger partial charge in [0.2, 0.25) is 0 Å². The maximum Gasteiger partial charge on any atom is 0.128 e. The molecule has 0 radical (unpaired) electrons. The van der Waals surface area contributed by atoms with Crippen molar-refractivity contribution in [3.8, 4) is 0 Å². The van der Waals surface area contributed by atoms with Gasteiger partial charge in [0.1, 0.15) is 5.82 Å². The van der Waals surface area contributed by atoms with Gasteiger partial charge in [-0.25, -0.2) is 4.98 Å². The third kappa shape index (κ3) is 4.10. The standard InChI is InChI=1S/C16H25ClN2O/c1-12(2)15-8-14(10-17)9-16(18-15)19(3)11-13-4-6-20-7-5-13/h8-9,12-13H,4-7,10-11H2,1-3H3. The van der Waals surface area contributed by atoms with Gasteiger partial charge < -0.3 is 9.64 Å². The van der Waals surface area contributed by atoms with Crippen LogP contribution in [-0.4, -0.2) is 31.8 Å². The van der Waals surface area contributed by atoms with Crippen molar-refractivity contribution >= 4 is 17.4 Å². The van der Waals surface area contributed by atoms with E-state index in [2.05, 4.69) is 37.9 Å². The first kappa shape index (κ1) is 15.6. The predicted molar refractivity (Wildman–Crippen MR) is 84.7 cm³/mol. The summed E-state index contributed by atoms with van der Waals surface area (Å²) in [6.07, 6.45) is 2.30. The molecule has 1 saturated heterocycles. The van der Waals surface area contributed by atoms with Crippen LogP contribution in [0.3, 0.4) is 0 Å². The SMILES string of the molecule is CC(C)c1cc(CCl)cc(N(C)CC2CCOCC2)n1. The smallest absolute Gasteiger partial charge is 0.128 e. The van der Waals surface area contributed by atoms with E-state index < -0.39 is 0 Å². The summed E-state index contributed by atoms with van der Waals surface area (Å²) in [5.41, 5.74) is 2.27. The maximum absolute atomic E-state index is 6.01. The lowest BCUT2D eigenvalue weighted by molar-refractivity contribution is 0.0685. The zero-order valence-corrected chi connectivity index (χ0v) is 13.5. The monoisotopic (exact) mass is 296 g/mol. The molecule has 112 valence electrons. The number of nitrogens with zero attached hydrogens (tertiary/aromatic N) is 2. The minimum Gasteiger partial charge on any atom is -0.381 e. The molecule has 1 fully saturated rings. The molecule has 20 heavy (non-hydrogen) atoms. The molecule has 0 N–H and O–H groups in total. The van der Waals surface area contributed by atoms with Crippen LogP contribution in [0.2, 0.25) is 0 Å². The molecule has 0 bridgehead atoms. The van der Waals surface area contributed by atoms with Crippen molar-refractivity contribution in [3.63, 3.8) is 0 Å². The number of halogens is 1. The molecular weight excluding hydrogens is 272 g/mol. The van der Waals surface area contributed by atoms with E-state index in [0.717, 1.165) is 49.7 Å². The van der Waals surface area contributed by atoms with Crippen LogP contribution >= 0.6 is 11.6 Å². The van der Waals surface area contributed by atoms with Crippen molar-refractivity contribution in [1.82, 2.24) is 4.98 Å². The summed E-state index contributed by atoms with van der Waals surface area (Å²) in [7, 11) is 2.12. The van der Waals surface area contributed by atoms with Gasteiger partial charge in [0, 0.05) is 38.4 Å². The first-order valence-corrected chi connectivity index (χ1v) is 7.99. The van der Waals surface area contributed by atoms with Crippen molar-refractivity contribution in [3.05, 3.63) is 23.4 Å². The van der Waals surface area contributed by atoms with E-state index in [4.69, 9.17) is 21.3 Å². The summed E-state index contributed by atoms with van der Waals surface area (Å²) in [5, 5.41) is 0. The Balaban J connectivity index is 2.11. The number of alkyl halides is 1. The van der Waals surface area contributed by atoms with E-state index in [1.54, 1.807) is 0 Å². The van der Waals surface area contributed by atoms with E-state index in [1.807, 2.05) is 0 Å². The summed E-state index contributed by atoms with van der Waals surface area (Å²) in [6, 6.07) is 4.22. The molecule has 0 unspecified atom stereocenters. The minimum absolute atomic E-state index is 0.424. The third-order valence-electron chi connectivity index (χ3n) is 3.90.